The lowest BCUT2D eigenvalue weighted by molar-refractivity contribution is -0.123. The van der Waals surface area contributed by atoms with Crippen LogP contribution in [0.2, 0.25) is 0 Å². The van der Waals surface area contributed by atoms with Crippen LogP contribution in [0, 0.1) is 6.92 Å². The van der Waals surface area contributed by atoms with Crippen molar-refractivity contribution >= 4 is 12.0 Å². The van der Waals surface area contributed by atoms with Crippen molar-refractivity contribution in [1.29, 1.82) is 0 Å². The second-order valence-corrected chi connectivity index (χ2v) is 7.19. The summed E-state index contributed by atoms with van der Waals surface area (Å²) in [5.41, 5.74) is 7.08. The summed E-state index contributed by atoms with van der Waals surface area (Å²) in [5, 5.41) is 5.54. The molecule has 0 spiro atoms. The second-order valence-electron chi connectivity index (χ2n) is 7.19. The molecule has 0 aliphatic heterocycles. The van der Waals surface area contributed by atoms with Gasteiger partial charge >= 0.3 is 6.09 Å². The highest BCUT2D eigenvalue weighted by Crippen LogP contribution is 2.09. The maximum Gasteiger partial charge on any atom is 0.408 e. The number of unbranched alkanes of at least 4 members (excludes halogenated alkanes) is 1. The van der Waals surface area contributed by atoms with Gasteiger partial charge in [0.2, 0.25) is 5.91 Å². The number of carbonyl (C=O) groups is 2. The Bertz CT molecular complexity index is 550. The molecule has 0 aliphatic rings. The molecule has 1 aromatic rings. The van der Waals surface area contributed by atoms with Crippen molar-refractivity contribution in [3.8, 4) is 0 Å². The fraction of sp³-hybridized carbons (Fsp3) is 0.579. The van der Waals surface area contributed by atoms with Gasteiger partial charge in [0.15, 0.2) is 0 Å². The highest BCUT2D eigenvalue weighted by atomic mass is 16.6. The zero-order chi connectivity index (χ0) is 18.9. The molecule has 140 valence electrons. The lowest BCUT2D eigenvalue weighted by Gasteiger charge is -2.23. The van der Waals surface area contributed by atoms with Gasteiger partial charge in [-0.25, -0.2) is 4.79 Å². The van der Waals surface area contributed by atoms with Gasteiger partial charge in [-0.15, -0.1) is 0 Å². The van der Waals surface area contributed by atoms with Gasteiger partial charge in [-0.05, 0) is 59.1 Å². The van der Waals surface area contributed by atoms with Gasteiger partial charge in [-0.2, -0.15) is 0 Å². The number of amides is 2. The number of benzene rings is 1. The third-order valence-corrected chi connectivity index (χ3v) is 3.54. The van der Waals surface area contributed by atoms with Crippen LogP contribution in [0.3, 0.4) is 0 Å². The van der Waals surface area contributed by atoms with Gasteiger partial charge in [-0.3, -0.25) is 4.79 Å². The Morgan fingerprint density at radius 1 is 1.16 bits per heavy atom. The standard InChI is InChI=1S/C19H31N3O3/c1-14-8-10-15(11-9-14)13-21-17(23)16(7-5-6-12-20)22-18(24)25-19(2,3)4/h8-11,16H,5-7,12-13,20H2,1-4H3,(H,21,23)(H,22,24)/t16-/m0/s1. The first-order valence-electron chi connectivity index (χ1n) is 8.74. The predicted molar refractivity (Wildman–Crippen MR) is 99.1 cm³/mol. The zero-order valence-electron chi connectivity index (χ0n) is 15.7. The Labute approximate surface area is 150 Å². The highest BCUT2D eigenvalue weighted by Gasteiger charge is 2.23. The van der Waals surface area contributed by atoms with Gasteiger partial charge in [0, 0.05) is 6.54 Å². The topological polar surface area (TPSA) is 93.5 Å². The summed E-state index contributed by atoms with van der Waals surface area (Å²) in [7, 11) is 0. The van der Waals surface area contributed by atoms with Crippen molar-refractivity contribution in [3.63, 3.8) is 0 Å². The summed E-state index contributed by atoms with van der Waals surface area (Å²) >= 11 is 0. The van der Waals surface area contributed by atoms with Gasteiger partial charge in [0.1, 0.15) is 11.6 Å². The Morgan fingerprint density at radius 2 is 1.80 bits per heavy atom. The maximum atomic E-state index is 12.5. The van der Waals surface area contributed by atoms with Crippen LogP contribution in [0.25, 0.3) is 0 Å². The lowest BCUT2D eigenvalue weighted by Crippen LogP contribution is -2.48. The summed E-state index contributed by atoms with van der Waals surface area (Å²) < 4.78 is 5.25. The minimum absolute atomic E-state index is 0.219. The van der Waals surface area contributed by atoms with E-state index in [-0.39, 0.29) is 5.91 Å². The Morgan fingerprint density at radius 3 is 2.36 bits per heavy atom. The van der Waals surface area contributed by atoms with Crippen LogP contribution in [-0.2, 0) is 16.1 Å². The molecule has 25 heavy (non-hydrogen) atoms. The zero-order valence-corrected chi connectivity index (χ0v) is 15.7. The first kappa shape index (κ1) is 21.0. The average Bonchev–Trinajstić information content (AvgIpc) is 2.51. The number of aryl methyl sites for hydroxylation is 1. The Kier molecular flexibility index (Phi) is 8.41. The Hall–Kier alpha value is -2.08. The van der Waals surface area contributed by atoms with E-state index in [0.29, 0.717) is 19.5 Å². The van der Waals surface area contributed by atoms with Crippen molar-refractivity contribution in [2.24, 2.45) is 5.73 Å². The van der Waals surface area contributed by atoms with Crippen molar-refractivity contribution in [1.82, 2.24) is 10.6 Å². The number of hydrogen-bond acceptors (Lipinski definition) is 4. The summed E-state index contributed by atoms with van der Waals surface area (Å²) in [5.74, 6) is -0.219. The van der Waals surface area contributed by atoms with E-state index in [1.807, 2.05) is 31.2 Å². The van der Waals surface area contributed by atoms with E-state index in [9.17, 15) is 9.59 Å². The lowest BCUT2D eigenvalue weighted by atomic mass is 10.1. The van der Waals surface area contributed by atoms with E-state index >= 15 is 0 Å². The average molecular weight is 349 g/mol. The molecular weight excluding hydrogens is 318 g/mol. The first-order valence-corrected chi connectivity index (χ1v) is 8.74. The molecule has 0 heterocycles. The molecule has 0 radical (unpaired) electrons. The second kappa shape index (κ2) is 10.0. The van der Waals surface area contributed by atoms with E-state index in [1.165, 1.54) is 5.56 Å². The Balaban J connectivity index is 2.61. The minimum Gasteiger partial charge on any atom is -0.444 e. The molecule has 0 saturated heterocycles. The smallest absolute Gasteiger partial charge is 0.408 e. The summed E-state index contributed by atoms with van der Waals surface area (Å²) in [6.45, 7) is 8.35. The molecule has 1 aromatic carbocycles. The van der Waals surface area contributed by atoms with Crippen molar-refractivity contribution in [2.45, 2.75) is 65.1 Å². The van der Waals surface area contributed by atoms with E-state index in [0.717, 1.165) is 18.4 Å². The van der Waals surface area contributed by atoms with Crippen LogP contribution in [0.1, 0.15) is 51.2 Å². The molecule has 0 bridgehead atoms. The summed E-state index contributed by atoms with van der Waals surface area (Å²) in [6.07, 6.45) is 1.50. The number of hydrogen-bond donors (Lipinski definition) is 3. The van der Waals surface area contributed by atoms with Crippen LogP contribution in [0.15, 0.2) is 24.3 Å². The van der Waals surface area contributed by atoms with Crippen LogP contribution in [0.5, 0.6) is 0 Å². The quantitative estimate of drug-likeness (QED) is 0.629. The van der Waals surface area contributed by atoms with Crippen LogP contribution in [0.4, 0.5) is 4.79 Å². The van der Waals surface area contributed by atoms with Gasteiger partial charge in [0.25, 0.3) is 0 Å². The van der Waals surface area contributed by atoms with Crippen molar-refractivity contribution < 1.29 is 14.3 Å². The van der Waals surface area contributed by atoms with E-state index < -0.39 is 17.7 Å². The van der Waals surface area contributed by atoms with Gasteiger partial charge < -0.3 is 21.1 Å². The van der Waals surface area contributed by atoms with E-state index in [4.69, 9.17) is 10.5 Å². The first-order chi connectivity index (χ1) is 11.7. The SMILES string of the molecule is Cc1ccc(CNC(=O)[C@H](CCCCN)NC(=O)OC(C)(C)C)cc1. The molecule has 6 heteroatoms. The van der Waals surface area contributed by atoms with Crippen LogP contribution >= 0.6 is 0 Å². The molecule has 1 rings (SSSR count). The molecule has 6 nitrogen and oxygen atoms in total. The molecular formula is C19H31N3O3. The largest absolute Gasteiger partial charge is 0.444 e. The van der Waals surface area contributed by atoms with Gasteiger partial charge in [-0.1, -0.05) is 29.8 Å². The fourth-order valence-corrected chi connectivity index (χ4v) is 2.23. The molecule has 0 fully saturated rings. The number of alkyl carbamates (subject to hydrolysis) is 1. The molecule has 0 unspecified atom stereocenters. The summed E-state index contributed by atoms with van der Waals surface area (Å²) in [6, 6.07) is 7.31. The van der Waals surface area contributed by atoms with E-state index in [2.05, 4.69) is 10.6 Å². The number of ether oxygens (including phenoxy) is 1. The monoisotopic (exact) mass is 349 g/mol. The number of nitrogens with one attached hydrogen (secondary N) is 2. The molecule has 4 N–H and O–H groups in total. The summed E-state index contributed by atoms with van der Waals surface area (Å²) in [4.78, 5) is 24.4. The number of carbonyl (C=O) groups excluding carboxylic acids is 2. The molecule has 2 amide bonds. The predicted octanol–water partition coefficient (Wildman–Crippen LogP) is 2.63. The highest BCUT2D eigenvalue weighted by molar-refractivity contribution is 5.85. The molecule has 1 atom stereocenters. The third kappa shape index (κ3) is 9.10. The number of nitrogens with two attached hydrogens (primary N) is 1. The van der Waals surface area contributed by atoms with Crippen molar-refractivity contribution in [2.75, 3.05) is 6.54 Å². The van der Waals surface area contributed by atoms with Crippen molar-refractivity contribution in [3.05, 3.63) is 35.4 Å². The molecule has 0 aromatic heterocycles. The molecule has 0 saturated carbocycles. The third-order valence-electron chi connectivity index (χ3n) is 3.54. The number of rotatable bonds is 8. The molecule has 0 aliphatic carbocycles. The minimum atomic E-state index is -0.633. The van der Waals surface area contributed by atoms with Crippen LogP contribution in [-0.4, -0.2) is 30.2 Å². The maximum absolute atomic E-state index is 12.5. The normalized spacial score (nSPS) is 12.4. The van der Waals surface area contributed by atoms with Crippen LogP contribution < -0.4 is 16.4 Å². The van der Waals surface area contributed by atoms with E-state index in [1.54, 1.807) is 20.8 Å². The fourth-order valence-electron chi connectivity index (χ4n) is 2.23. The van der Waals surface area contributed by atoms with Gasteiger partial charge in [0.05, 0.1) is 0 Å².